The fraction of sp³-hybridized carbons (Fsp3) is 0.125. The summed E-state index contributed by atoms with van der Waals surface area (Å²) >= 11 is 0. The molecule has 1 spiro atoms. The molecule has 0 radical (unpaired) electrons. The van der Waals surface area contributed by atoms with Crippen LogP contribution in [0.3, 0.4) is 0 Å². The second kappa shape index (κ2) is 6.56. The quantitative estimate of drug-likeness (QED) is 0.542. The third-order valence-electron chi connectivity index (χ3n) is 5.77. The number of ether oxygens (including phenoxy) is 1. The molecule has 1 aliphatic heterocycles. The van der Waals surface area contributed by atoms with Gasteiger partial charge in [-0.25, -0.2) is 9.59 Å². The van der Waals surface area contributed by atoms with Gasteiger partial charge in [-0.05, 0) is 39.9 Å². The Bertz CT molecular complexity index is 1150. The van der Waals surface area contributed by atoms with Crippen LogP contribution in [0.2, 0.25) is 0 Å². The van der Waals surface area contributed by atoms with Crippen LogP contribution in [-0.4, -0.2) is 29.9 Å². The van der Waals surface area contributed by atoms with E-state index in [2.05, 4.69) is 5.32 Å². The number of nitrogens with zero attached hydrogens (tertiary/aromatic N) is 1. The SMILES string of the molecule is COC(=O)c1ccc(CN2C(=O)NC3(C2=O)c2ccccc2-c2ccccc23)cc1. The standard InChI is InChI=1S/C24H18N2O4/c1-30-21(27)16-12-10-15(11-13-16)14-26-22(28)24(25-23(26)29)19-8-4-2-6-17(19)18-7-3-5-9-20(18)24/h2-13H,14H2,1H3,(H,25,29). The lowest BCUT2D eigenvalue weighted by Gasteiger charge is -2.24. The number of imide groups is 1. The van der Waals surface area contributed by atoms with Crippen molar-refractivity contribution in [2.45, 2.75) is 12.1 Å². The molecule has 2 aliphatic rings. The fourth-order valence-electron chi connectivity index (χ4n) is 4.37. The Morgan fingerprint density at radius 1 is 0.900 bits per heavy atom. The van der Waals surface area contributed by atoms with Gasteiger partial charge in [0.2, 0.25) is 0 Å². The van der Waals surface area contributed by atoms with Crippen LogP contribution in [0.15, 0.2) is 72.8 Å². The monoisotopic (exact) mass is 398 g/mol. The molecule has 1 saturated heterocycles. The van der Waals surface area contributed by atoms with E-state index in [1.165, 1.54) is 12.0 Å². The summed E-state index contributed by atoms with van der Waals surface area (Å²) in [6.07, 6.45) is 0. The first kappa shape index (κ1) is 18.1. The van der Waals surface area contributed by atoms with Crippen LogP contribution in [0.1, 0.15) is 27.0 Å². The Balaban J connectivity index is 1.53. The van der Waals surface area contributed by atoms with Crippen LogP contribution in [0, 0.1) is 0 Å². The number of methoxy groups -OCH3 is 1. The molecule has 0 atom stereocenters. The Hall–Kier alpha value is -3.93. The number of hydrogen-bond donors (Lipinski definition) is 1. The van der Waals surface area contributed by atoms with Crippen LogP contribution in [0.25, 0.3) is 11.1 Å². The predicted octanol–water partition coefficient (Wildman–Crippen LogP) is 3.45. The highest BCUT2D eigenvalue weighted by atomic mass is 16.5. The molecule has 1 fully saturated rings. The van der Waals surface area contributed by atoms with Crippen molar-refractivity contribution in [2.24, 2.45) is 0 Å². The first-order valence-electron chi connectivity index (χ1n) is 9.57. The molecule has 0 bridgehead atoms. The van der Waals surface area contributed by atoms with Crippen molar-refractivity contribution in [3.8, 4) is 11.1 Å². The maximum absolute atomic E-state index is 13.7. The van der Waals surface area contributed by atoms with Gasteiger partial charge in [-0.2, -0.15) is 0 Å². The third kappa shape index (κ3) is 2.40. The number of benzene rings is 3. The molecule has 3 aromatic rings. The number of esters is 1. The Morgan fingerprint density at radius 2 is 1.47 bits per heavy atom. The molecule has 30 heavy (non-hydrogen) atoms. The van der Waals surface area contributed by atoms with E-state index < -0.39 is 17.5 Å². The van der Waals surface area contributed by atoms with Gasteiger partial charge in [-0.1, -0.05) is 60.7 Å². The maximum Gasteiger partial charge on any atom is 0.337 e. The zero-order chi connectivity index (χ0) is 20.9. The number of amides is 3. The normalized spacial score (nSPS) is 15.7. The average molecular weight is 398 g/mol. The summed E-state index contributed by atoms with van der Waals surface area (Å²) in [4.78, 5) is 39.4. The van der Waals surface area contributed by atoms with Crippen molar-refractivity contribution in [3.05, 3.63) is 95.1 Å². The van der Waals surface area contributed by atoms with Crippen molar-refractivity contribution in [1.82, 2.24) is 10.2 Å². The Morgan fingerprint density at radius 3 is 2.03 bits per heavy atom. The number of rotatable bonds is 3. The van der Waals surface area contributed by atoms with Crippen molar-refractivity contribution in [2.75, 3.05) is 7.11 Å². The van der Waals surface area contributed by atoms with Crippen molar-refractivity contribution in [1.29, 1.82) is 0 Å². The number of hydrogen-bond acceptors (Lipinski definition) is 4. The van der Waals surface area contributed by atoms with E-state index in [9.17, 15) is 14.4 Å². The highest BCUT2D eigenvalue weighted by molar-refractivity contribution is 6.13. The van der Waals surface area contributed by atoms with Gasteiger partial charge in [-0.3, -0.25) is 9.69 Å². The molecule has 6 nitrogen and oxygen atoms in total. The molecule has 0 saturated carbocycles. The Labute approximate surface area is 173 Å². The lowest BCUT2D eigenvalue weighted by molar-refractivity contribution is -0.130. The predicted molar refractivity (Wildman–Crippen MR) is 110 cm³/mol. The van der Waals surface area contributed by atoms with Gasteiger partial charge >= 0.3 is 12.0 Å². The molecule has 1 N–H and O–H groups in total. The average Bonchev–Trinajstić information content (AvgIpc) is 3.21. The molecule has 1 heterocycles. The van der Waals surface area contributed by atoms with Crippen LogP contribution in [-0.2, 0) is 21.6 Å². The van der Waals surface area contributed by atoms with Crippen molar-refractivity contribution >= 4 is 17.9 Å². The largest absolute Gasteiger partial charge is 0.465 e. The molecule has 0 aromatic heterocycles. The van der Waals surface area contributed by atoms with E-state index >= 15 is 0 Å². The molecule has 3 aromatic carbocycles. The summed E-state index contributed by atoms with van der Waals surface area (Å²) in [5.41, 5.74) is 3.41. The summed E-state index contributed by atoms with van der Waals surface area (Å²) in [5.74, 6) is -0.739. The van der Waals surface area contributed by atoms with E-state index in [0.29, 0.717) is 5.56 Å². The minimum atomic E-state index is -1.21. The molecular weight excluding hydrogens is 380 g/mol. The fourth-order valence-corrected chi connectivity index (χ4v) is 4.37. The van der Waals surface area contributed by atoms with Crippen molar-refractivity contribution in [3.63, 3.8) is 0 Å². The number of fused-ring (bicyclic) bond motifs is 5. The minimum Gasteiger partial charge on any atom is -0.465 e. The first-order chi connectivity index (χ1) is 14.6. The van der Waals surface area contributed by atoms with Crippen LogP contribution >= 0.6 is 0 Å². The van der Waals surface area contributed by atoms with Gasteiger partial charge in [0, 0.05) is 0 Å². The van der Waals surface area contributed by atoms with Gasteiger partial charge < -0.3 is 10.1 Å². The highest BCUT2D eigenvalue weighted by Gasteiger charge is 2.57. The molecule has 0 unspecified atom stereocenters. The molecule has 1 aliphatic carbocycles. The van der Waals surface area contributed by atoms with E-state index in [1.54, 1.807) is 24.3 Å². The van der Waals surface area contributed by atoms with E-state index in [1.807, 2.05) is 48.5 Å². The number of nitrogens with one attached hydrogen (secondary N) is 1. The third-order valence-corrected chi connectivity index (χ3v) is 5.77. The van der Waals surface area contributed by atoms with E-state index in [0.717, 1.165) is 27.8 Å². The zero-order valence-corrected chi connectivity index (χ0v) is 16.2. The molecule has 3 amide bonds. The van der Waals surface area contributed by atoms with Gasteiger partial charge in [0.15, 0.2) is 5.54 Å². The summed E-state index contributed by atoms with van der Waals surface area (Å²) < 4.78 is 4.71. The van der Waals surface area contributed by atoms with Crippen LogP contribution in [0.4, 0.5) is 4.79 Å². The molecule has 5 rings (SSSR count). The van der Waals surface area contributed by atoms with E-state index in [4.69, 9.17) is 4.74 Å². The molecule has 6 heteroatoms. The van der Waals surface area contributed by atoms with E-state index in [-0.39, 0.29) is 12.5 Å². The summed E-state index contributed by atoms with van der Waals surface area (Å²) in [5, 5.41) is 2.96. The smallest absolute Gasteiger partial charge is 0.337 e. The second-order valence-corrected chi connectivity index (χ2v) is 7.35. The van der Waals surface area contributed by atoms with Crippen molar-refractivity contribution < 1.29 is 19.1 Å². The topological polar surface area (TPSA) is 75.7 Å². The zero-order valence-electron chi connectivity index (χ0n) is 16.2. The number of carbonyl (C=O) groups is 3. The van der Waals surface area contributed by atoms with Gasteiger partial charge in [-0.15, -0.1) is 0 Å². The van der Waals surface area contributed by atoms with Crippen LogP contribution in [0.5, 0.6) is 0 Å². The van der Waals surface area contributed by atoms with Gasteiger partial charge in [0.05, 0.1) is 19.2 Å². The summed E-state index contributed by atoms with van der Waals surface area (Å²) in [7, 11) is 1.32. The number of carbonyl (C=O) groups excluding carboxylic acids is 3. The van der Waals surface area contributed by atoms with Crippen LogP contribution < -0.4 is 5.32 Å². The lowest BCUT2D eigenvalue weighted by atomic mass is 9.87. The maximum atomic E-state index is 13.7. The molecular formula is C24H18N2O4. The van der Waals surface area contributed by atoms with Gasteiger partial charge in [0.25, 0.3) is 5.91 Å². The second-order valence-electron chi connectivity index (χ2n) is 7.35. The van der Waals surface area contributed by atoms with Gasteiger partial charge in [0.1, 0.15) is 0 Å². The highest BCUT2D eigenvalue weighted by Crippen LogP contribution is 2.50. The summed E-state index contributed by atoms with van der Waals surface area (Å²) in [6, 6.07) is 21.6. The first-order valence-corrected chi connectivity index (χ1v) is 9.57. The minimum absolute atomic E-state index is 0.109. The molecule has 148 valence electrons. The number of urea groups is 1. The Kier molecular flexibility index (Phi) is 3.96. The lowest BCUT2D eigenvalue weighted by Crippen LogP contribution is -2.43. The summed E-state index contributed by atoms with van der Waals surface area (Å²) in [6.45, 7) is 0.109.